The molecule has 4 heterocycles. The van der Waals surface area contributed by atoms with Gasteiger partial charge in [0, 0.05) is 46.9 Å². The third kappa shape index (κ3) is 4.38. The van der Waals surface area contributed by atoms with Crippen LogP contribution in [-0.4, -0.2) is 65.4 Å². The zero-order chi connectivity index (χ0) is 22.2. The second kappa shape index (κ2) is 8.82. The van der Waals surface area contributed by atoms with E-state index in [1.807, 2.05) is 12.1 Å². The molecule has 0 unspecified atom stereocenters. The first-order chi connectivity index (χ1) is 15.5. The van der Waals surface area contributed by atoms with Gasteiger partial charge in [-0.3, -0.25) is 9.59 Å². The van der Waals surface area contributed by atoms with Crippen LogP contribution in [-0.2, 0) is 13.0 Å². The Morgan fingerprint density at radius 1 is 1.22 bits per heavy atom. The molecule has 2 amide bonds. The number of piperidine rings is 1. The lowest BCUT2D eigenvalue weighted by Crippen LogP contribution is -2.59. The highest BCUT2D eigenvalue weighted by Gasteiger charge is 2.30. The van der Waals surface area contributed by atoms with Crippen molar-refractivity contribution in [3.05, 3.63) is 50.6 Å². The fraction of sp³-hybridized carbons (Fsp3) is 0.409. The SMILES string of the molecule is CN1CCc2nc(C(=O)N[C@@H]3CNCC[C@@H]3NC(=O)c3cc4cc(Cl)ccc4[nH]3)sc2C1. The molecule has 8 nitrogen and oxygen atoms in total. The van der Waals surface area contributed by atoms with E-state index in [1.54, 1.807) is 12.1 Å². The van der Waals surface area contributed by atoms with E-state index in [0.717, 1.165) is 53.9 Å². The normalized spacial score (nSPS) is 21.3. The highest BCUT2D eigenvalue weighted by molar-refractivity contribution is 7.13. The summed E-state index contributed by atoms with van der Waals surface area (Å²) in [6.45, 7) is 3.16. The molecule has 2 aliphatic heterocycles. The van der Waals surface area contributed by atoms with Crippen LogP contribution in [0.3, 0.4) is 0 Å². The summed E-state index contributed by atoms with van der Waals surface area (Å²) in [5.74, 6) is -0.378. The maximum Gasteiger partial charge on any atom is 0.280 e. The smallest absolute Gasteiger partial charge is 0.280 e. The van der Waals surface area contributed by atoms with Gasteiger partial charge in [-0.2, -0.15) is 0 Å². The van der Waals surface area contributed by atoms with Gasteiger partial charge in [-0.05, 0) is 44.3 Å². The van der Waals surface area contributed by atoms with E-state index in [2.05, 4.69) is 37.9 Å². The summed E-state index contributed by atoms with van der Waals surface area (Å²) in [5, 5.41) is 11.5. The number of rotatable bonds is 4. The standard InChI is InChI=1S/C22H25ClN6O2S/c1-29-7-5-16-19(11-29)32-22(28-16)21(31)27-18-10-24-6-4-15(18)26-20(30)17-9-12-8-13(23)2-3-14(12)25-17/h2-3,8-9,15,18,24-25H,4-7,10-11H2,1H3,(H,26,30)(H,27,31)/t15-,18+/m0/s1. The van der Waals surface area contributed by atoms with Crippen LogP contribution in [0.15, 0.2) is 24.3 Å². The fourth-order valence-corrected chi connectivity index (χ4v) is 5.58. The highest BCUT2D eigenvalue weighted by Crippen LogP contribution is 2.25. The van der Waals surface area contributed by atoms with Crippen molar-refractivity contribution in [1.82, 2.24) is 30.8 Å². The number of nitrogens with zero attached hydrogens (tertiary/aromatic N) is 2. The number of fused-ring (bicyclic) bond motifs is 2. The molecule has 2 aliphatic rings. The fourth-order valence-electron chi connectivity index (χ4n) is 4.31. The van der Waals surface area contributed by atoms with Crippen LogP contribution in [0.2, 0.25) is 5.02 Å². The predicted molar refractivity (Wildman–Crippen MR) is 125 cm³/mol. The summed E-state index contributed by atoms with van der Waals surface area (Å²) in [6.07, 6.45) is 1.59. The number of thiazole rings is 1. The van der Waals surface area contributed by atoms with Gasteiger partial charge in [0.2, 0.25) is 0 Å². The molecule has 4 N–H and O–H groups in total. The molecule has 0 saturated carbocycles. The second-order valence-electron chi connectivity index (χ2n) is 8.44. The molecule has 0 spiro atoms. The molecule has 168 valence electrons. The van der Waals surface area contributed by atoms with E-state index >= 15 is 0 Å². The van der Waals surface area contributed by atoms with Crippen LogP contribution in [0.5, 0.6) is 0 Å². The van der Waals surface area contributed by atoms with Crippen LogP contribution in [0.4, 0.5) is 0 Å². The minimum absolute atomic E-state index is 0.177. The van der Waals surface area contributed by atoms with Crippen molar-refractivity contribution < 1.29 is 9.59 Å². The third-order valence-electron chi connectivity index (χ3n) is 6.06. The van der Waals surface area contributed by atoms with Gasteiger partial charge in [0.25, 0.3) is 11.8 Å². The number of carbonyl (C=O) groups is 2. The Hall–Kier alpha value is -2.46. The highest BCUT2D eigenvalue weighted by atomic mass is 35.5. The number of benzene rings is 1. The molecule has 32 heavy (non-hydrogen) atoms. The number of carbonyl (C=O) groups excluding carboxylic acids is 2. The van der Waals surface area contributed by atoms with Crippen LogP contribution in [0, 0.1) is 0 Å². The van der Waals surface area contributed by atoms with Crippen molar-refractivity contribution in [2.75, 3.05) is 26.7 Å². The zero-order valence-electron chi connectivity index (χ0n) is 17.7. The van der Waals surface area contributed by atoms with Crippen molar-refractivity contribution >= 4 is 45.7 Å². The lowest BCUT2D eigenvalue weighted by molar-refractivity contribution is 0.0866. The van der Waals surface area contributed by atoms with Crippen LogP contribution >= 0.6 is 22.9 Å². The first-order valence-electron chi connectivity index (χ1n) is 10.7. The van der Waals surface area contributed by atoms with Crippen molar-refractivity contribution in [2.24, 2.45) is 0 Å². The first kappa shape index (κ1) is 21.4. The lowest BCUT2D eigenvalue weighted by atomic mass is 10.0. The molecule has 5 rings (SSSR count). The van der Waals surface area contributed by atoms with E-state index in [0.29, 0.717) is 22.3 Å². The Morgan fingerprint density at radius 3 is 2.94 bits per heavy atom. The third-order valence-corrected chi connectivity index (χ3v) is 7.38. The Morgan fingerprint density at radius 2 is 2.06 bits per heavy atom. The maximum atomic E-state index is 12.9. The van der Waals surface area contributed by atoms with Gasteiger partial charge >= 0.3 is 0 Å². The van der Waals surface area contributed by atoms with Gasteiger partial charge in [0.05, 0.1) is 17.8 Å². The van der Waals surface area contributed by atoms with E-state index in [-0.39, 0.29) is 23.9 Å². The lowest BCUT2D eigenvalue weighted by Gasteiger charge is -2.33. The Balaban J connectivity index is 1.27. The van der Waals surface area contributed by atoms with E-state index < -0.39 is 0 Å². The quantitative estimate of drug-likeness (QED) is 0.466. The molecule has 0 aliphatic carbocycles. The molecule has 2 aromatic heterocycles. The number of likely N-dealkylation sites (N-methyl/N-ethyl adjacent to an activating group) is 1. The molecule has 0 radical (unpaired) electrons. The average Bonchev–Trinajstić information content (AvgIpc) is 3.38. The van der Waals surface area contributed by atoms with Crippen LogP contribution < -0.4 is 16.0 Å². The largest absolute Gasteiger partial charge is 0.351 e. The average molecular weight is 473 g/mol. The van der Waals surface area contributed by atoms with Gasteiger partial charge in [0.15, 0.2) is 5.01 Å². The summed E-state index contributed by atoms with van der Waals surface area (Å²) >= 11 is 7.52. The van der Waals surface area contributed by atoms with Gasteiger partial charge in [-0.25, -0.2) is 4.98 Å². The zero-order valence-corrected chi connectivity index (χ0v) is 19.3. The Bertz CT molecular complexity index is 1170. The number of hydrogen-bond acceptors (Lipinski definition) is 6. The Kier molecular flexibility index (Phi) is 5.90. The molecular weight excluding hydrogens is 448 g/mol. The number of hydrogen-bond donors (Lipinski definition) is 4. The van der Waals surface area contributed by atoms with Crippen LogP contribution in [0.25, 0.3) is 10.9 Å². The summed E-state index contributed by atoms with van der Waals surface area (Å²) in [7, 11) is 2.07. The molecule has 2 atom stereocenters. The summed E-state index contributed by atoms with van der Waals surface area (Å²) in [6, 6.07) is 6.86. The number of H-pyrrole nitrogens is 1. The summed E-state index contributed by atoms with van der Waals surface area (Å²) in [5.41, 5.74) is 2.36. The van der Waals surface area contributed by atoms with Crippen molar-refractivity contribution in [2.45, 2.75) is 31.5 Å². The van der Waals surface area contributed by atoms with Gasteiger partial charge in [0.1, 0.15) is 5.69 Å². The van der Waals surface area contributed by atoms with Crippen LogP contribution in [0.1, 0.15) is 37.3 Å². The molecule has 1 saturated heterocycles. The topological polar surface area (TPSA) is 102 Å². The molecule has 10 heteroatoms. The van der Waals surface area contributed by atoms with Crippen molar-refractivity contribution in [3.8, 4) is 0 Å². The van der Waals surface area contributed by atoms with E-state index in [1.165, 1.54) is 11.3 Å². The molecule has 1 fully saturated rings. The monoisotopic (exact) mass is 472 g/mol. The van der Waals surface area contributed by atoms with Gasteiger partial charge in [-0.1, -0.05) is 11.6 Å². The number of aromatic amines is 1. The number of nitrogens with one attached hydrogen (secondary N) is 4. The number of halogens is 1. The Labute approximate surface area is 194 Å². The second-order valence-corrected chi connectivity index (χ2v) is 9.96. The minimum atomic E-state index is -0.220. The minimum Gasteiger partial charge on any atom is -0.351 e. The molecular formula is C22H25ClN6O2S. The predicted octanol–water partition coefficient (Wildman–Crippen LogP) is 2.16. The van der Waals surface area contributed by atoms with E-state index in [4.69, 9.17) is 11.6 Å². The van der Waals surface area contributed by atoms with Crippen molar-refractivity contribution in [3.63, 3.8) is 0 Å². The number of aromatic nitrogens is 2. The van der Waals surface area contributed by atoms with Gasteiger partial charge in [-0.15, -0.1) is 11.3 Å². The number of amides is 2. The van der Waals surface area contributed by atoms with Gasteiger partial charge < -0.3 is 25.8 Å². The van der Waals surface area contributed by atoms with Crippen molar-refractivity contribution in [1.29, 1.82) is 0 Å². The first-order valence-corrected chi connectivity index (χ1v) is 11.9. The molecule has 3 aromatic rings. The summed E-state index contributed by atoms with van der Waals surface area (Å²) in [4.78, 5) is 36.9. The molecule has 1 aromatic carbocycles. The molecule has 0 bridgehead atoms. The maximum absolute atomic E-state index is 12.9. The van der Waals surface area contributed by atoms with E-state index in [9.17, 15) is 9.59 Å². The summed E-state index contributed by atoms with van der Waals surface area (Å²) < 4.78 is 0.